The summed E-state index contributed by atoms with van der Waals surface area (Å²) in [4.78, 5) is 2.34. The minimum absolute atomic E-state index is 0.0987. The lowest BCUT2D eigenvalue weighted by atomic mass is 9.86. The van der Waals surface area contributed by atoms with Gasteiger partial charge >= 0.3 is 0 Å². The van der Waals surface area contributed by atoms with E-state index in [1.165, 1.54) is 0 Å². The van der Waals surface area contributed by atoms with E-state index in [1.807, 2.05) is 0 Å². The van der Waals surface area contributed by atoms with Crippen LogP contribution in [0.3, 0.4) is 0 Å². The third kappa shape index (κ3) is 3.39. The fourth-order valence-corrected chi connectivity index (χ4v) is 2.97. The molecule has 1 aliphatic carbocycles. The van der Waals surface area contributed by atoms with Gasteiger partial charge in [-0.15, -0.1) is 0 Å². The van der Waals surface area contributed by atoms with E-state index in [9.17, 15) is 8.78 Å². The lowest BCUT2D eigenvalue weighted by Gasteiger charge is -2.37. The summed E-state index contributed by atoms with van der Waals surface area (Å²) in [7, 11) is 0. The van der Waals surface area contributed by atoms with Crippen LogP contribution in [0.4, 0.5) is 8.78 Å². The molecule has 0 aromatic heterocycles. The molecule has 2 rings (SSSR count). The van der Waals surface area contributed by atoms with E-state index < -0.39 is 5.92 Å². The van der Waals surface area contributed by atoms with E-state index in [2.05, 4.69) is 17.1 Å². The first-order chi connectivity index (χ1) is 7.55. The van der Waals surface area contributed by atoms with Crippen molar-refractivity contribution in [2.24, 2.45) is 5.92 Å². The fraction of sp³-hybridized carbons (Fsp3) is 1.00. The van der Waals surface area contributed by atoms with Gasteiger partial charge in [0.1, 0.15) is 0 Å². The number of hydrogen-bond acceptors (Lipinski definition) is 2. The van der Waals surface area contributed by atoms with E-state index in [-0.39, 0.29) is 18.8 Å². The van der Waals surface area contributed by atoms with Gasteiger partial charge in [-0.2, -0.15) is 0 Å². The molecule has 4 heteroatoms. The van der Waals surface area contributed by atoms with Crippen molar-refractivity contribution in [1.29, 1.82) is 0 Å². The van der Waals surface area contributed by atoms with Crippen molar-refractivity contribution in [2.45, 2.75) is 44.6 Å². The Morgan fingerprint density at radius 2 is 2.25 bits per heavy atom. The van der Waals surface area contributed by atoms with Crippen molar-refractivity contribution in [3.05, 3.63) is 0 Å². The Morgan fingerprint density at radius 1 is 1.44 bits per heavy atom. The Kier molecular flexibility index (Phi) is 3.80. The molecule has 16 heavy (non-hydrogen) atoms. The number of nitrogens with one attached hydrogen (secondary N) is 1. The molecule has 1 aliphatic heterocycles. The monoisotopic (exact) mass is 232 g/mol. The molecule has 1 heterocycles. The Morgan fingerprint density at radius 3 is 2.94 bits per heavy atom. The van der Waals surface area contributed by atoms with Crippen molar-refractivity contribution in [1.82, 2.24) is 10.2 Å². The number of piperazine rings is 1. The molecule has 2 fully saturated rings. The first-order valence-electron chi connectivity index (χ1n) is 6.39. The average Bonchev–Trinajstić information content (AvgIpc) is 2.15. The summed E-state index contributed by atoms with van der Waals surface area (Å²) in [6.45, 7) is 6.02. The molecule has 0 radical (unpaired) electrons. The summed E-state index contributed by atoms with van der Waals surface area (Å²) >= 11 is 0. The molecule has 0 aromatic carbocycles. The van der Waals surface area contributed by atoms with Gasteiger partial charge in [-0.25, -0.2) is 8.78 Å². The zero-order chi connectivity index (χ0) is 11.6. The summed E-state index contributed by atoms with van der Waals surface area (Å²) in [5.74, 6) is -2.20. The largest absolute Gasteiger partial charge is 0.312 e. The van der Waals surface area contributed by atoms with E-state index in [4.69, 9.17) is 0 Å². The SMILES string of the molecule is C[C@H]1CN(CC2CCCC(F)(F)C2)CCN1. The van der Waals surface area contributed by atoms with Gasteiger partial charge in [0.15, 0.2) is 0 Å². The van der Waals surface area contributed by atoms with Crippen molar-refractivity contribution in [3.8, 4) is 0 Å². The predicted octanol–water partition coefficient (Wildman–Crippen LogP) is 2.11. The molecule has 2 aliphatic rings. The number of alkyl halides is 2. The molecule has 2 atom stereocenters. The molecule has 94 valence electrons. The molecule has 1 unspecified atom stereocenters. The molecule has 0 amide bonds. The Bertz CT molecular complexity index is 233. The molecule has 0 aromatic rings. The van der Waals surface area contributed by atoms with Crippen LogP contribution in [0, 0.1) is 5.92 Å². The maximum absolute atomic E-state index is 13.3. The zero-order valence-electron chi connectivity index (χ0n) is 10.0. The van der Waals surface area contributed by atoms with E-state index in [1.54, 1.807) is 0 Å². The van der Waals surface area contributed by atoms with Crippen LogP contribution in [0.15, 0.2) is 0 Å². The Hall–Kier alpha value is -0.220. The maximum atomic E-state index is 13.3. The van der Waals surface area contributed by atoms with E-state index >= 15 is 0 Å². The molecule has 1 N–H and O–H groups in total. The number of rotatable bonds is 2. The predicted molar refractivity (Wildman–Crippen MR) is 60.8 cm³/mol. The number of halogens is 2. The van der Waals surface area contributed by atoms with E-state index in [0.29, 0.717) is 12.5 Å². The smallest absolute Gasteiger partial charge is 0.248 e. The van der Waals surface area contributed by atoms with Crippen LogP contribution in [-0.4, -0.2) is 43.0 Å². The summed E-state index contributed by atoms with van der Waals surface area (Å²) in [5.41, 5.74) is 0. The van der Waals surface area contributed by atoms with Gasteiger partial charge < -0.3 is 10.2 Å². The van der Waals surface area contributed by atoms with Crippen LogP contribution >= 0.6 is 0 Å². The second-order valence-electron chi connectivity index (χ2n) is 5.43. The van der Waals surface area contributed by atoms with Crippen molar-refractivity contribution < 1.29 is 8.78 Å². The second kappa shape index (κ2) is 4.96. The molecule has 0 bridgehead atoms. The fourth-order valence-electron chi connectivity index (χ4n) is 2.97. The Balaban J connectivity index is 1.80. The van der Waals surface area contributed by atoms with Crippen LogP contribution in [-0.2, 0) is 0 Å². The summed E-state index contributed by atoms with van der Waals surface area (Å²) in [6.07, 6.45) is 1.87. The highest BCUT2D eigenvalue weighted by atomic mass is 19.3. The van der Waals surface area contributed by atoms with Crippen LogP contribution < -0.4 is 5.32 Å². The first-order valence-corrected chi connectivity index (χ1v) is 6.39. The summed E-state index contributed by atoms with van der Waals surface area (Å²) in [5, 5.41) is 3.38. The van der Waals surface area contributed by atoms with Crippen LogP contribution in [0.25, 0.3) is 0 Å². The zero-order valence-corrected chi connectivity index (χ0v) is 10.0. The van der Waals surface area contributed by atoms with Gasteiger partial charge in [0.05, 0.1) is 0 Å². The molecule has 0 spiro atoms. The third-order valence-corrected chi connectivity index (χ3v) is 3.71. The van der Waals surface area contributed by atoms with Crippen molar-refractivity contribution in [2.75, 3.05) is 26.2 Å². The van der Waals surface area contributed by atoms with Crippen LogP contribution in [0.1, 0.15) is 32.6 Å². The second-order valence-corrected chi connectivity index (χ2v) is 5.43. The lowest BCUT2D eigenvalue weighted by Crippen LogP contribution is -2.50. The highest BCUT2D eigenvalue weighted by Gasteiger charge is 2.36. The standard InChI is InChI=1S/C12H22F2N2/c1-10-8-16(6-5-15-10)9-11-3-2-4-12(13,14)7-11/h10-11,15H,2-9H2,1H3/t10-,11?/m0/s1. The quantitative estimate of drug-likeness (QED) is 0.784. The average molecular weight is 232 g/mol. The number of hydrogen-bond donors (Lipinski definition) is 1. The molecular formula is C12H22F2N2. The first kappa shape index (κ1) is 12.2. The van der Waals surface area contributed by atoms with Gasteiger partial charge in [0.2, 0.25) is 5.92 Å². The van der Waals surface area contributed by atoms with Crippen molar-refractivity contribution in [3.63, 3.8) is 0 Å². The highest BCUT2D eigenvalue weighted by molar-refractivity contribution is 4.83. The summed E-state index contributed by atoms with van der Waals surface area (Å²) in [6, 6.07) is 0.498. The van der Waals surface area contributed by atoms with Gasteiger partial charge in [-0.05, 0) is 25.7 Å². The van der Waals surface area contributed by atoms with Gasteiger partial charge in [-0.3, -0.25) is 0 Å². The van der Waals surface area contributed by atoms with Crippen molar-refractivity contribution >= 4 is 0 Å². The molecule has 2 nitrogen and oxygen atoms in total. The van der Waals surface area contributed by atoms with E-state index in [0.717, 1.165) is 32.6 Å². The topological polar surface area (TPSA) is 15.3 Å². The normalized spacial score (nSPS) is 36.2. The minimum atomic E-state index is -2.40. The molecular weight excluding hydrogens is 210 g/mol. The Labute approximate surface area is 96.4 Å². The molecule has 1 saturated heterocycles. The minimum Gasteiger partial charge on any atom is -0.312 e. The number of nitrogens with zero attached hydrogens (tertiary/aromatic N) is 1. The molecule has 1 saturated carbocycles. The van der Waals surface area contributed by atoms with Gasteiger partial charge in [0, 0.05) is 45.1 Å². The van der Waals surface area contributed by atoms with Crippen LogP contribution in [0.5, 0.6) is 0 Å². The van der Waals surface area contributed by atoms with Gasteiger partial charge in [-0.1, -0.05) is 0 Å². The third-order valence-electron chi connectivity index (χ3n) is 3.71. The van der Waals surface area contributed by atoms with Crippen LogP contribution in [0.2, 0.25) is 0 Å². The highest BCUT2D eigenvalue weighted by Crippen LogP contribution is 2.36. The summed E-state index contributed by atoms with van der Waals surface area (Å²) < 4.78 is 26.5. The van der Waals surface area contributed by atoms with Gasteiger partial charge in [0.25, 0.3) is 0 Å². The lowest BCUT2D eigenvalue weighted by molar-refractivity contribution is -0.0576. The maximum Gasteiger partial charge on any atom is 0.248 e.